The summed E-state index contributed by atoms with van der Waals surface area (Å²) in [4.78, 5) is 14.9. The molecule has 0 saturated heterocycles. The number of esters is 1. The predicted molar refractivity (Wildman–Crippen MR) is 45.7 cm³/mol. The maximum atomic E-state index is 11.1. The summed E-state index contributed by atoms with van der Waals surface area (Å²) in [6.45, 7) is 3.73. The van der Waals surface area contributed by atoms with Gasteiger partial charge in [0.2, 0.25) is 5.82 Å². The molecule has 1 unspecified atom stereocenters. The highest BCUT2D eigenvalue weighted by molar-refractivity contribution is 5.83. The molecule has 1 aromatic rings. The summed E-state index contributed by atoms with van der Waals surface area (Å²) in [7, 11) is 1.52. The van der Waals surface area contributed by atoms with Gasteiger partial charge in [-0.25, -0.2) is 4.79 Å². The second-order valence-electron chi connectivity index (χ2n) is 2.56. The minimum absolute atomic E-state index is 0.147. The van der Waals surface area contributed by atoms with Gasteiger partial charge in [-0.1, -0.05) is 5.16 Å². The fourth-order valence-corrected chi connectivity index (χ4v) is 0.781. The molecule has 1 heterocycles. The molecule has 0 amide bonds. The van der Waals surface area contributed by atoms with Crippen molar-refractivity contribution in [1.82, 2.24) is 10.1 Å². The maximum absolute atomic E-state index is 11.1. The molecule has 14 heavy (non-hydrogen) atoms. The van der Waals surface area contributed by atoms with Gasteiger partial charge in [-0.15, -0.1) is 0 Å². The summed E-state index contributed by atoms with van der Waals surface area (Å²) in [6, 6.07) is 0. The van der Waals surface area contributed by atoms with Gasteiger partial charge < -0.3 is 14.0 Å². The van der Waals surface area contributed by atoms with Crippen LogP contribution in [-0.4, -0.2) is 29.8 Å². The van der Waals surface area contributed by atoms with Crippen molar-refractivity contribution in [2.24, 2.45) is 0 Å². The molecule has 1 atom stereocenters. The summed E-state index contributed by atoms with van der Waals surface area (Å²) in [6.07, 6.45) is -0.304. The van der Waals surface area contributed by atoms with Crippen LogP contribution in [0, 0.1) is 0 Å². The lowest BCUT2D eigenvalue weighted by molar-refractivity contribution is 0.0470. The highest BCUT2D eigenvalue weighted by Gasteiger charge is 2.18. The second kappa shape index (κ2) is 4.71. The number of ether oxygens (including phenoxy) is 2. The number of rotatable bonds is 4. The van der Waals surface area contributed by atoms with Gasteiger partial charge in [0.1, 0.15) is 6.10 Å². The van der Waals surface area contributed by atoms with Crippen LogP contribution in [0.1, 0.15) is 36.5 Å². The number of aromatic nitrogens is 2. The Bertz CT molecular complexity index is 310. The normalized spacial score (nSPS) is 12.5. The Kier molecular flexibility index (Phi) is 3.58. The zero-order valence-corrected chi connectivity index (χ0v) is 8.31. The number of hydrogen-bond donors (Lipinski definition) is 0. The van der Waals surface area contributed by atoms with Crippen LogP contribution in [-0.2, 0) is 9.47 Å². The number of carbonyl (C=O) groups excluding carboxylic acids is 1. The van der Waals surface area contributed by atoms with Gasteiger partial charge in [0.05, 0.1) is 6.61 Å². The van der Waals surface area contributed by atoms with Gasteiger partial charge >= 0.3 is 11.9 Å². The Morgan fingerprint density at radius 2 is 2.36 bits per heavy atom. The molecule has 0 aliphatic carbocycles. The van der Waals surface area contributed by atoms with Gasteiger partial charge in [-0.05, 0) is 13.8 Å². The van der Waals surface area contributed by atoms with E-state index in [0.29, 0.717) is 5.82 Å². The fraction of sp³-hybridized carbons (Fsp3) is 0.625. The molecule has 0 aliphatic heterocycles. The summed E-state index contributed by atoms with van der Waals surface area (Å²) >= 11 is 0. The van der Waals surface area contributed by atoms with Crippen molar-refractivity contribution < 1.29 is 18.8 Å². The molecular formula is C8H12N2O4. The van der Waals surface area contributed by atoms with Gasteiger partial charge in [0.25, 0.3) is 0 Å². The first-order chi connectivity index (χ1) is 6.69. The van der Waals surface area contributed by atoms with Crippen molar-refractivity contribution in [3.63, 3.8) is 0 Å². The van der Waals surface area contributed by atoms with E-state index < -0.39 is 5.97 Å². The summed E-state index contributed by atoms with van der Waals surface area (Å²) in [5.41, 5.74) is 0. The summed E-state index contributed by atoms with van der Waals surface area (Å²) in [5.74, 6) is -0.434. The number of methoxy groups -OCH3 is 1. The van der Waals surface area contributed by atoms with E-state index >= 15 is 0 Å². The first-order valence-corrected chi connectivity index (χ1v) is 4.22. The fourth-order valence-electron chi connectivity index (χ4n) is 0.781. The predicted octanol–water partition coefficient (Wildman–Crippen LogP) is 0.954. The van der Waals surface area contributed by atoms with Crippen molar-refractivity contribution >= 4 is 5.97 Å². The van der Waals surface area contributed by atoms with Gasteiger partial charge in [-0.3, -0.25) is 0 Å². The maximum Gasteiger partial charge on any atom is 0.397 e. The highest BCUT2D eigenvalue weighted by atomic mass is 16.6. The largest absolute Gasteiger partial charge is 0.459 e. The first-order valence-electron chi connectivity index (χ1n) is 4.22. The minimum Gasteiger partial charge on any atom is -0.459 e. The van der Waals surface area contributed by atoms with Crippen molar-refractivity contribution in [3.8, 4) is 0 Å². The van der Waals surface area contributed by atoms with E-state index in [2.05, 4.69) is 19.4 Å². The highest BCUT2D eigenvalue weighted by Crippen LogP contribution is 2.11. The zero-order chi connectivity index (χ0) is 10.6. The van der Waals surface area contributed by atoms with Crippen molar-refractivity contribution in [2.75, 3.05) is 13.7 Å². The molecule has 0 spiro atoms. The Balaban J connectivity index is 2.72. The van der Waals surface area contributed by atoms with Gasteiger partial charge in [0, 0.05) is 7.11 Å². The van der Waals surface area contributed by atoms with Crippen molar-refractivity contribution in [3.05, 3.63) is 11.7 Å². The SMILES string of the molecule is CCOC(=O)c1nc(C(C)OC)no1. The summed E-state index contributed by atoms with van der Waals surface area (Å²) in [5, 5.41) is 3.58. The molecular weight excluding hydrogens is 188 g/mol. The topological polar surface area (TPSA) is 74.5 Å². The van der Waals surface area contributed by atoms with Crippen LogP contribution in [0.15, 0.2) is 4.52 Å². The third-order valence-electron chi connectivity index (χ3n) is 1.61. The molecule has 0 bridgehead atoms. The van der Waals surface area contributed by atoms with Crippen LogP contribution >= 0.6 is 0 Å². The molecule has 0 saturated carbocycles. The first kappa shape index (κ1) is 10.6. The Morgan fingerprint density at radius 1 is 1.64 bits per heavy atom. The van der Waals surface area contributed by atoms with Crippen LogP contribution in [0.5, 0.6) is 0 Å². The molecule has 1 rings (SSSR count). The van der Waals surface area contributed by atoms with E-state index in [1.54, 1.807) is 13.8 Å². The van der Waals surface area contributed by atoms with E-state index in [1.807, 2.05) is 0 Å². The van der Waals surface area contributed by atoms with E-state index in [4.69, 9.17) is 4.74 Å². The smallest absolute Gasteiger partial charge is 0.397 e. The van der Waals surface area contributed by atoms with Crippen LogP contribution < -0.4 is 0 Å². The molecule has 6 nitrogen and oxygen atoms in total. The molecule has 0 aliphatic rings. The van der Waals surface area contributed by atoms with Gasteiger partial charge in [0.15, 0.2) is 0 Å². The Hall–Kier alpha value is -1.43. The molecule has 6 heteroatoms. The monoisotopic (exact) mass is 200 g/mol. The van der Waals surface area contributed by atoms with Crippen LogP contribution in [0.2, 0.25) is 0 Å². The molecule has 0 fully saturated rings. The number of nitrogens with zero attached hydrogens (tertiary/aromatic N) is 2. The van der Waals surface area contributed by atoms with Crippen molar-refractivity contribution in [2.45, 2.75) is 20.0 Å². The lowest BCUT2D eigenvalue weighted by Gasteiger charge is -2.00. The quantitative estimate of drug-likeness (QED) is 0.674. The van der Waals surface area contributed by atoms with E-state index in [0.717, 1.165) is 0 Å². The van der Waals surface area contributed by atoms with Gasteiger partial charge in [-0.2, -0.15) is 4.98 Å². The van der Waals surface area contributed by atoms with E-state index in [-0.39, 0.29) is 18.6 Å². The average Bonchev–Trinajstić information content (AvgIpc) is 2.66. The van der Waals surface area contributed by atoms with Crippen LogP contribution in [0.4, 0.5) is 0 Å². The average molecular weight is 200 g/mol. The van der Waals surface area contributed by atoms with E-state index in [1.165, 1.54) is 7.11 Å². The van der Waals surface area contributed by atoms with Crippen LogP contribution in [0.3, 0.4) is 0 Å². The number of hydrogen-bond acceptors (Lipinski definition) is 6. The molecule has 0 N–H and O–H groups in total. The summed E-state index contributed by atoms with van der Waals surface area (Å²) < 4.78 is 14.3. The zero-order valence-electron chi connectivity index (χ0n) is 8.31. The molecule has 78 valence electrons. The number of carbonyl (C=O) groups is 1. The standard InChI is InChI=1S/C8H12N2O4/c1-4-13-8(11)7-9-6(10-14-7)5(2)12-3/h5H,4H2,1-3H3. The Labute approximate surface area is 81.2 Å². The lowest BCUT2D eigenvalue weighted by Crippen LogP contribution is -2.05. The third kappa shape index (κ3) is 2.29. The minimum atomic E-state index is -0.616. The third-order valence-corrected chi connectivity index (χ3v) is 1.61. The lowest BCUT2D eigenvalue weighted by atomic mass is 10.4. The second-order valence-corrected chi connectivity index (χ2v) is 2.56. The van der Waals surface area contributed by atoms with Crippen LogP contribution in [0.25, 0.3) is 0 Å². The molecule has 1 aromatic heterocycles. The Morgan fingerprint density at radius 3 is 2.93 bits per heavy atom. The molecule has 0 aromatic carbocycles. The van der Waals surface area contributed by atoms with Crippen molar-refractivity contribution in [1.29, 1.82) is 0 Å². The van der Waals surface area contributed by atoms with E-state index in [9.17, 15) is 4.79 Å². The molecule has 0 radical (unpaired) electrons.